The van der Waals surface area contributed by atoms with Gasteiger partial charge in [-0.1, -0.05) is 25.7 Å². The lowest BCUT2D eigenvalue weighted by Crippen LogP contribution is -2.34. The van der Waals surface area contributed by atoms with Crippen molar-refractivity contribution in [1.29, 1.82) is 0 Å². The monoisotopic (exact) mass is 371 g/mol. The highest BCUT2D eigenvalue weighted by molar-refractivity contribution is 7.14. The summed E-state index contributed by atoms with van der Waals surface area (Å²) in [7, 11) is 0. The van der Waals surface area contributed by atoms with Crippen LogP contribution in [0, 0.1) is 6.92 Å². The van der Waals surface area contributed by atoms with Crippen molar-refractivity contribution in [2.24, 2.45) is 0 Å². The van der Waals surface area contributed by atoms with E-state index in [0.29, 0.717) is 11.0 Å². The van der Waals surface area contributed by atoms with Crippen LogP contribution in [0.15, 0.2) is 12.1 Å². The molecule has 1 amide bonds. The van der Waals surface area contributed by atoms with Crippen molar-refractivity contribution in [3.05, 3.63) is 27.7 Å². The summed E-state index contributed by atoms with van der Waals surface area (Å²) >= 11 is 1.53. The van der Waals surface area contributed by atoms with E-state index in [-0.39, 0.29) is 5.91 Å². The molecule has 1 fully saturated rings. The van der Waals surface area contributed by atoms with Crippen LogP contribution in [0.4, 0.5) is 11.6 Å². The number of aryl methyl sites for hydroxylation is 2. The van der Waals surface area contributed by atoms with Crippen molar-refractivity contribution in [3.63, 3.8) is 0 Å². The summed E-state index contributed by atoms with van der Waals surface area (Å²) in [6.45, 7) is 2.79. The van der Waals surface area contributed by atoms with Crippen LogP contribution in [0.5, 0.6) is 0 Å². The Morgan fingerprint density at radius 2 is 1.96 bits per heavy atom. The summed E-state index contributed by atoms with van der Waals surface area (Å²) in [5.74, 6) is 1.66. The Bertz CT molecular complexity index is 765. The second-order valence-corrected chi connectivity index (χ2v) is 8.30. The van der Waals surface area contributed by atoms with Gasteiger partial charge >= 0.3 is 0 Å². The van der Waals surface area contributed by atoms with Gasteiger partial charge in [0.15, 0.2) is 10.8 Å². The minimum absolute atomic E-state index is 0.0220. The standard InChI is InChI=1S/C19H25N5OS/c1-13-10-11-16(23-22-13)24-12-6-9-15-17(24)21-19(26-15)18(25)20-14-7-4-2-3-5-8-14/h10-11,14H,2-9,12H2,1H3,(H,20,25). The first kappa shape index (κ1) is 17.4. The van der Waals surface area contributed by atoms with Crippen molar-refractivity contribution >= 4 is 28.9 Å². The van der Waals surface area contributed by atoms with E-state index in [0.717, 1.165) is 49.6 Å². The predicted octanol–water partition coefficient (Wildman–Crippen LogP) is 3.78. The van der Waals surface area contributed by atoms with Crippen LogP contribution < -0.4 is 10.2 Å². The fraction of sp³-hybridized carbons (Fsp3) is 0.579. The molecule has 1 saturated carbocycles. The molecule has 0 unspecified atom stereocenters. The van der Waals surface area contributed by atoms with Crippen molar-refractivity contribution in [1.82, 2.24) is 20.5 Å². The number of aromatic nitrogens is 3. The largest absolute Gasteiger partial charge is 0.347 e. The molecule has 0 atom stereocenters. The lowest BCUT2D eigenvalue weighted by atomic mass is 10.1. The summed E-state index contributed by atoms with van der Waals surface area (Å²) < 4.78 is 0. The first-order valence-corrected chi connectivity index (χ1v) is 10.4. The van der Waals surface area contributed by atoms with Crippen molar-refractivity contribution < 1.29 is 4.79 Å². The van der Waals surface area contributed by atoms with Crippen molar-refractivity contribution in [2.75, 3.05) is 11.4 Å². The number of fused-ring (bicyclic) bond motifs is 1. The van der Waals surface area contributed by atoms with E-state index >= 15 is 0 Å². The molecule has 3 heterocycles. The number of thiazole rings is 1. The molecule has 0 spiro atoms. The number of nitrogens with one attached hydrogen (secondary N) is 1. The number of carbonyl (C=O) groups excluding carboxylic acids is 1. The Labute approximate surface area is 158 Å². The van der Waals surface area contributed by atoms with Gasteiger partial charge in [-0.25, -0.2) is 4.98 Å². The Balaban J connectivity index is 1.52. The zero-order chi connectivity index (χ0) is 17.9. The average Bonchev–Trinajstić information content (AvgIpc) is 2.93. The number of amides is 1. The van der Waals surface area contributed by atoms with E-state index in [9.17, 15) is 4.79 Å². The first-order chi connectivity index (χ1) is 12.7. The molecule has 0 saturated heterocycles. The van der Waals surface area contributed by atoms with E-state index < -0.39 is 0 Å². The average molecular weight is 372 g/mol. The van der Waals surface area contributed by atoms with Gasteiger partial charge in [0.2, 0.25) is 0 Å². The van der Waals surface area contributed by atoms with Gasteiger partial charge in [0.1, 0.15) is 5.82 Å². The van der Waals surface area contributed by atoms with Gasteiger partial charge in [-0.2, -0.15) is 5.10 Å². The maximum Gasteiger partial charge on any atom is 0.280 e. The summed E-state index contributed by atoms with van der Waals surface area (Å²) in [6, 6.07) is 4.23. The lowest BCUT2D eigenvalue weighted by molar-refractivity contribution is 0.0933. The normalized spacial score (nSPS) is 18.3. The maximum atomic E-state index is 12.7. The Morgan fingerprint density at radius 3 is 2.69 bits per heavy atom. The number of rotatable bonds is 3. The van der Waals surface area contributed by atoms with Crippen molar-refractivity contribution in [2.45, 2.75) is 64.3 Å². The number of carbonyl (C=O) groups is 1. The van der Waals surface area contributed by atoms with Gasteiger partial charge in [-0.15, -0.1) is 16.4 Å². The van der Waals surface area contributed by atoms with E-state index in [1.807, 2.05) is 19.1 Å². The number of hydrogen-bond donors (Lipinski definition) is 1. The summed E-state index contributed by atoms with van der Waals surface area (Å²) in [6.07, 6.45) is 9.16. The first-order valence-electron chi connectivity index (χ1n) is 9.59. The predicted molar refractivity (Wildman–Crippen MR) is 103 cm³/mol. The minimum atomic E-state index is -0.0220. The van der Waals surface area contributed by atoms with Crippen LogP contribution in [0.25, 0.3) is 0 Å². The molecule has 2 aromatic rings. The summed E-state index contributed by atoms with van der Waals surface area (Å²) in [4.78, 5) is 20.7. The van der Waals surface area contributed by atoms with Crippen LogP contribution >= 0.6 is 11.3 Å². The third-order valence-electron chi connectivity index (χ3n) is 5.16. The SMILES string of the molecule is Cc1ccc(N2CCCc3sc(C(=O)NC4CCCCCC4)nc32)nn1. The zero-order valence-electron chi connectivity index (χ0n) is 15.2. The highest BCUT2D eigenvalue weighted by Crippen LogP contribution is 2.35. The van der Waals surface area contributed by atoms with Crippen LogP contribution in [0.3, 0.4) is 0 Å². The molecular weight excluding hydrogens is 346 g/mol. The molecule has 2 aromatic heterocycles. The van der Waals surface area contributed by atoms with Crippen LogP contribution in [0.1, 0.15) is 65.3 Å². The third-order valence-corrected chi connectivity index (χ3v) is 6.27. The van der Waals surface area contributed by atoms with E-state index in [4.69, 9.17) is 0 Å². The quantitative estimate of drug-likeness (QED) is 0.832. The molecule has 1 N–H and O–H groups in total. The fourth-order valence-electron chi connectivity index (χ4n) is 3.75. The topological polar surface area (TPSA) is 71.0 Å². The van der Waals surface area contributed by atoms with Gasteiger partial charge in [-0.3, -0.25) is 4.79 Å². The Kier molecular flexibility index (Phi) is 5.15. The molecule has 0 aromatic carbocycles. The molecule has 0 radical (unpaired) electrons. The van der Waals surface area contributed by atoms with Crippen LogP contribution in [-0.2, 0) is 6.42 Å². The molecule has 6 nitrogen and oxygen atoms in total. The smallest absolute Gasteiger partial charge is 0.280 e. The Hall–Kier alpha value is -2.02. The van der Waals surface area contributed by atoms with Gasteiger partial charge in [0, 0.05) is 17.5 Å². The molecule has 1 aliphatic heterocycles. The van der Waals surface area contributed by atoms with E-state index in [1.54, 1.807) is 0 Å². The van der Waals surface area contributed by atoms with Crippen LogP contribution in [-0.4, -0.2) is 33.7 Å². The molecule has 1 aliphatic carbocycles. The highest BCUT2D eigenvalue weighted by Gasteiger charge is 2.27. The zero-order valence-corrected chi connectivity index (χ0v) is 16.0. The second-order valence-electron chi connectivity index (χ2n) is 7.22. The van der Waals surface area contributed by atoms with E-state index in [2.05, 4.69) is 25.4 Å². The van der Waals surface area contributed by atoms with Gasteiger partial charge < -0.3 is 10.2 Å². The van der Waals surface area contributed by atoms with Crippen molar-refractivity contribution in [3.8, 4) is 0 Å². The number of hydrogen-bond acceptors (Lipinski definition) is 6. The number of nitrogens with zero attached hydrogens (tertiary/aromatic N) is 4. The van der Waals surface area contributed by atoms with E-state index in [1.165, 1.54) is 41.9 Å². The molecule has 2 aliphatic rings. The van der Waals surface area contributed by atoms with Gasteiger partial charge in [-0.05, 0) is 44.7 Å². The maximum absolute atomic E-state index is 12.7. The van der Waals surface area contributed by atoms with Gasteiger partial charge in [0.25, 0.3) is 5.91 Å². The highest BCUT2D eigenvalue weighted by atomic mass is 32.1. The molecule has 0 bridgehead atoms. The fourth-order valence-corrected chi connectivity index (χ4v) is 4.76. The molecule has 26 heavy (non-hydrogen) atoms. The second kappa shape index (κ2) is 7.70. The molecular formula is C19H25N5OS. The molecule has 7 heteroatoms. The summed E-state index contributed by atoms with van der Waals surface area (Å²) in [5, 5.41) is 12.2. The summed E-state index contributed by atoms with van der Waals surface area (Å²) in [5.41, 5.74) is 0.896. The third kappa shape index (κ3) is 3.72. The minimum Gasteiger partial charge on any atom is -0.347 e. The van der Waals surface area contributed by atoms with Gasteiger partial charge in [0.05, 0.1) is 5.69 Å². The van der Waals surface area contributed by atoms with Crippen LogP contribution in [0.2, 0.25) is 0 Å². The lowest BCUT2D eigenvalue weighted by Gasteiger charge is -2.25. The number of anilines is 2. The Morgan fingerprint density at radius 1 is 1.15 bits per heavy atom. The molecule has 138 valence electrons. The molecule has 4 rings (SSSR count).